The molecule has 0 atom stereocenters. The molecular formula is C11H19N3. The molecule has 1 aliphatic rings. The highest BCUT2D eigenvalue weighted by Gasteiger charge is 2.36. The summed E-state index contributed by atoms with van der Waals surface area (Å²) in [5.74, 6) is 0. The van der Waals surface area contributed by atoms with Gasteiger partial charge in [0.15, 0.2) is 0 Å². The molecule has 0 spiro atoms. The molecule has 1 aromatic rings. The van der Waals surface area contributed by atoms with Gasteiger partial charge < -0.3 is 5.32 Å². The molecule has 1 aromatic heterocycles. The second-order valence-electron chi connectivity index (χ2n) is 4.97. The first-order valence-electron chi connectivity index (χ1n) is 5.37. The van der Waals surface area contributed by atoms with Crippen LogP contribution in [0.2, 0.25) is 0 Å². The highest BCUT2D eigenvalue weighted by atomic mass is 15.3. The lowest BCUT2D eigenvalue weighted by Crippen LogP contribution is -2.11. The second kappa shape index (κ2) is 3.30. The zero-order valence-electron chi connectivity index (χ0n) is 9.25. The number of hydrogen-bond acceptors (Lipinski definition) is 2. The molecule has 2 rings (SSSR count). The predicted molar refractivity (Wildman–Crippen MR) is 58.4 cm³/mol. The molecule has 1 aliphatic carbocycles. The molecule has 0 aromatic carbocycles. The minimum absolute atomic E-state index is 0.446. The third-order valence-electron chi connectivity index (χ3n) is 2.95. The fourth-order valence-corrected chi connectivity index (χ4v) is 1.42. The molecular weight excluding hydrogens is 174 g/mol. The van der Waals surface area contributed by atoms with Crippen molar-refractivity contribution >= 4 is 5.69 Å². The Morgan fingerprint density at radius 2 is 2.29 bits per heavy atom. The Hall–Kier alpha value is -0.990. The van der Waals surface area contributed by atoms with Crippen LogP contribution in [0.3, 0.4) is 0 Å². The Morgan fingerprint density at radius 3 is 2.79 bits per heavy atom. The fourth-order valence-electron chi connectivity index (χ4n) is 1.42. The van der Waals surface area contributed by atoms with E-state index in [1.54, 1.807) is 0 Å². The van der Waals surface area contributed by atoms with Gasteiger partial charge in [-0.1, -0.05) is 6.92 Å². The van der Waals surface area contributed by atoms with Crippen molar-refractivity contribution in [2.24, 2.45) is 5.41 Å². The van der Waals surface area contributed by atoms with Crippen molar-refractivity contribution in [2.75, 3.05) is 11.9 Å². The van der Waals surface area contributed by atoms with E-state index in [1.165, 1.54) is 12.8 Å². The minimum Gasteiger partial charge on any atom is -0.382 e. The number of rotatable bonds is 4. The summed E-state index contributed by atoms with van der Waals surface area (Å²) in [6.45, 7) is 7.68. The molecule has 0 aliphatic heterocycles. The molecule has 3 nitrogen and oxygen atoms in total. The normalized spacial score (nSPS) is 18.6. The van der Waals surface area contributed by atoms with Crippen LogP contribution in [0.4, 0.5) is 5.69 Å². The first kappa shape index (κ1) is 9.56. The molecule has 1 N–H and O–H groups in total. The zero-order valence-corrected chi connectivity index (χ0v) is 9.25. The van der Waals surface area contributed by atoms with Crippen LogP contribution in [-0.2, 0) is 0 Å². The lowest BCUT2D eigenvalue weighted by Gasteiger charge is -2.09. The van der Waals surface area contributed by atoms with E-state index in [4.69, 9.17) is 0 Å². The van der Waals surface area contributed by atoms with Crippen molar-refractivity contribution in [1.82, 2.24) is 9.78 Å². The Bertz CT molecular complexity index is 310. The van der Waals surface area contributed by atoms with E-state index >= 15 is 0 Å². The molecule has 1 fully saturated rings. The number of anilines is 1. The van der Waals surface area contributed by atoms with Crippen molar-refractivity contribution in [3.63, 3.8) is 0 Å². The van der Waals surface area contributed by atoms with E-state index in [-0.39, 0.29) is 0 Å². The standard InChI is InChI=1S/C11H19N3/c1-9(2)14-7-10(6-13-14)12-8-11(3)4-5-11/h6-7,9,12H,4-5,8H2,1-3H3. The average molecular weight is 193 g/mol. The maximum Gasteiger partial charge on any atom is 0.0726 e. The van der Waals surface area contributed by atoms with E-state index in [2.05, 4.69) is 37.4 Å². The topological polar surface area (TPSA) is 29.9 Å². The minimum atomic E-state index is 0.446. The molecule has 0 amide bonds. The van der Waals surface area contributed by atoms with Gasteiger partial charge in [-0.25, -0.2) is 0 Å². The summed E-state index contributed by atoms with van der Waals surface area (Å²) in [7, 11) is 0. The average Bonchev–Trinajstić information content (AvgIpc) is 2.68. The zero-order chi connectivity index (χ0) is 10.2. The van der Waals surface area contributed by atoms with Gasteiger partial charge in [0.25, 0.3) is 0 Å². The van der Waals surface area contributed by atoms with Gasteiger partial charge >= 0.3 is 0 Å². The lowest BCUT2D eigenvalue weighted by molar-refractivity contribution is 0.532. The Morgan fingerprint density at radius 1 is 1.57 bits per heavy atom. The van der Waals surface area contributed by atoms with Crippen molar-refractivity contribution in [3.8, 4) is 0 Å². The van der Waals surface area contributed by atoms with Crippen LogP contribution < -0.4 is 5.32 Å². The van der Waals surface area contributed by atoms with E-state index in [0.717, 1.165) is 12.2 Å². The number of nitrogens with zero attached hydrogens (tertiary/aromatic N) is 2. The molecule has 1 saturated carbocycles. The van der Waals surface area contributed by atoms with Crippen LogP contribution in [0.5, 0.6) is 0 Å². The first-order valence-corrected chi connectivity index (χ1v) is 5.37. The molecule has 78 valence electrons. The molecule has 0 radical (unpaired) electrons. The Kier molecular flexibility index (Phi) is 2.25. The molecule has 3 heteroatoms. The summed E-state index contributed by atoms with van der Waals surface area (Å²) in [4.78, 5) is 0. The SMILES string of the molecule is CC(C)n1cc(NCC2(C)CC2)cn1. The van der Waals surface area contributed by atoms with Gasteiger partial charge in [-0.2, -0.15) is 5.10 Å². The summed E-state index contributed by atoms with van der Waals surface area (Å²) >= 11 is 0. The third kappa shape index (κ3) is 2.08. The quantitative estimate of drug-likeness (QED) is 0.796. The maximum atomic E-state index is 4.29. The number of nitrogens with one attached hydrogen (secondary N) is 1. The largest absolute Gasteiger partial charge is 0.382 e. The first-order chi connectivity index (χ1) is 6.59. The van der Waals surface area contributed by atoms with Crippen LogP contribution in [0, 0.1) is 5.41 Å². The van der Waals surface area contributed by atoms with Crippen LogP contribution in [0.1, 0.15) is 39.7 Å². The summed E-state index contributed by atoms with van der Waals surface area (Å²) in [6.07, 6.45) is 6.71. The third-order valence-corrected chi connectivity index (χ3v) is 2.95. The second-order valence-corrected chi connectivity index (χ2v) is 4.97. The van der Waals surface area contributed by atoms with Gasteiger partial charge in [-0.05, 0) is 32.1 Å². The van der Waals surface area contributed by atoms with Crippen molar-refractivity contribution < 1.29 is 0 Å². The van der Waals surface area contributed by atoms with Crippen molar-refractivity contribution in [3.05, 3.63) is 12.4 Å². The number of aromatic nitrogens is 2. The molecule has 0 unspecified atom stereocenters. The van der Waals surface area contributed by atoms with Gasteiger partial charge in [0.1, 0.15) is 0 Å². The van der Waals surface area contributed by atoms with Gasteiger partial charge in [-0.15, -0.1) is 0 Å². The summed E-state index contributed by atoms with van der Waals surface area (Å²) in [5, 5.41) is 7.73. The summed E-state index contributed by atoms with van der Waals surface area (Å²) in [5.41, 5.74) is 1.70. The van der Waals surface area contributed by atoms with E-state index in [1.807, 2.05) is 10.9 Å². The highest BCUT2D eigenvalue weighted by molar-refractivity contribution is 5.38. The van der Waals surface area contributed by atoms with Crippen LogP contribution >= 0.6 is 0 Å². The Balaban J connectivity index is 1.90. The van der Waals surface area contributed by atoms with Gasteiger partial charge in [0.05, 0.1) is 11.9 Å². The van der Waals surface area contributed by atoms with Crippen LogP contribution in [0.15, 0.2) is 12.4 Å². The maximum absolute atomic E-state index is 4.29. The van der Waals surface area contributed by atoms with Crippen molar-refractivity contribution in [2.45, 2.75) is 39.7 Å². The highest BCUT2D eigenvalue weighted by Crippen LogP contribution is 2.44. The lowest BCUT2D eigenvalue weighted by atomic mass is 10.1. The molecule has 0 bridgehead atoms. The summed E-state index contributed by atoms with van der Waals surface area (Å²) in [6, 6.07) is 0.446. The number of hydrogen-bond donors (Lipinski definition) is 1. The van der Waals surface area contributed by atoms with Crippen LogP contribution in [-0.4, -0.2) is 16.3 Å². The van der Waals surface area contributed by atoms with Crippen molar-refractivity contribution in [1.29, 1.82) is 0 Å². The molecule has 14 heavy (non-hydrogen) atoms. The van der Waals surface area contributed by atoms with Gasteiger partial charge in [-0.3, -0.25) is 4.68 Å². The summed E-state index contributed by atoms with van der Waals surface area (Å²) < 4.78 is 1.98. The van der Waals surface area contributed by atoms with E-state index in [0.29, 0.717) is 11.5 Å². The van der Waals surface area contributed by atoms with Gasteiger partial charge in [0, 0.05) is 18.8 Å². The smallest absolute Gasteiger partial charge is 0.0726 e. The van der Waals surface area contributed by atoms with Crippen LogP contribution in [0.25, 0.3) is 0 Å². The molecule has 0 saturated heterocycles. The monoisotopic (exact) mass is 193 g/mol. The van der Waals surface area contributed by atoms with E-state index in [9.17, 15) is 0 Å². The van der Waals surface area contributed by atoms with E-state index < -0.39 is 0 Å². The molecule has 1 heterocycles. The predicted octanol–water partition coefficient (Wildman–Crippen LogP) is 2.68. The fraction of sp³-hybridized carbons (Fsp3) is 0.727. The van der Waals surface area contributed by atoms with Gasteiger partial charge in [0.2, 0.25) is 0 Å². The Labute approximate surface area is 85.5 Å².